The zero-order valence-corrected chi connectivity index (χ0v) is 11.1. The molecule has 0 aliphatic heterocycles. The Morgan fingerprint density at radius 3 is 2.47 bits per heavy atom. The highest BCUT2D eigenvalue weighted by Crippen LogP contribution is 2.27. The fraction of sp³-hybridized carbons (Fsp3) is 0.0714. The minimum Gasteiger partial charge on any atom is -0.497 e. The third kappa shape index (κ3) is 2.46. The summed E-state index contributed by atoms with van der Waals surface area (Å²) >= 11 is 1.54. The Balaban J connectivity index is 1.92. The predicted octanol–water partition coefficient (Wildman–Crippen LogP) is 3.28. The third-order valence-electron chi connectivity index (χ3n) is 2.65. The van der Waals surface area contributed by atoms with Crippen LogP contribution in [0.25, 0.3) is 22.1 Å². The SMILES string of the molecule is COc1ccc(-c2csc(-c3ncccn3)n2)cc1. The smallest absolute Gasteiger partial charge is 0.188 e. The number of rotatable bonds is 3. The van der Waals surface area contributed by atoms with Crippen LogP contribution in [0.1, 0.15) is 0 Å². The van der Waals surface area contributed by atoms with Gasteiger partial charge in [-0.15, -0.1) is 11.3 Å². The number of methoxy groups -OCH3 is 1. The van der Waals surface area contributed by atoms with Gasteiger partial charge in [-0.3, -0.25) is 0 Å². The molecule has 0 aliphatic carbocycles. The Morgan fingerprint density at radius 2 is 1.79 bits per heavy atom. The molecule has 0 atom stereocenters. The molecule has 4 nitrogen and oxygen atoms in total. The van der Waals surface area contributed by atoms with Gasteiger partial charge in [0.1, 0.15) is 5.75 Å². The predicted molar refractivity (Wildman–Crippen MR) is 75.1 cm³/mol. The van der Waals surface area contributed by atoms with Gasteiger partial charge in [-0.25, -0.2) is 15.0 Å². The van der Waals surface area contributed by atoms with Crippen LogP contribution in [0.3, 0.4) is 0 Å². The molecule has 0 aliphatic rings. The van der Waals surface area contributed by atoms with Crippen LogP contribution in [0.15, 0.2) is 48.1 Å². The number of hydrogen-bond donors (Lipinski definition) is 0. The summed E-state index contributed by atoms with van der Waals surface area (Å²) in [6.45, 7) is 0. The lowest BCUT2D eigenvalue weighted by Crippen LogP contribution is -1.86. The molecule has 1 aromatic carbocycles. The standard InChI is InChI=1S/C14H11N3OS/c1-18-11-5-3-10(4-6-11)12-9-19-14(17-12)13-15-7-2-8-16-13/h2-9H,1H3. The Bertz CT molecular complexity index is 665. The zero-order chi connectivity index (χ0) is 13.1. The molecule has 0 unspecified atom stereocenters. The van der Waals surface area contributed by atoms with Gasteiger partial charge in [0.2, 0.25) is 0 Å². The summed E-state index contributed by atoms with van der Waals surface area (Å²) in [7, 11) is 1.66. The number of benzene rings is 1. The largest absolute Gasteiger partial charge is 0.497 e. The van der Waals surface area contributed by atoms with Crippen molar-refractivity contribution in [2.45, 2.75) is 0 Å². The number of thiazole rings is 1. The summed E-state index contributed by atoms with van der Waals surface area (Å²) in [5.74, 6) is 1.50. The number of aromatic nitrogens is 3. The summed E-state index contributed by atoms with van der Waals surface area (Å²) in [6, 6.07) is 9.62. The molecule has 0 fully saturated rings. The van der Waals surface area contributed by atoms with Gasteiger partial charge in [0.05, 0.1) is 12.8 Å². The fourth-order valence-corrected chi connectivity index (χ4v) is 2.45. The molecule has 2 heterocycles. The maximum Gasteiger partial charge on any atom is 0.188 e. The molecule has 0 bridgehead atoms. The first-order chi connectivity index (χ1) is 9.36. The molecule has 19 heavy (non-hydrogen) atoms. The summed E-state index contributed by atoms with van der Waals surface area (Å²) < 4.78 is 5.14. The van der Waals surface area contributed by atoms with E-state index in [0.29, 0.717) is 5.82 Å². The molecule has 0 saturated heterocycles. The highest BCUT2D eigenvalue weighted by molar-refractivity contribution is 7.13. The van der Waals surface area contributed by atoms with Crippen molar-refractivity contribution in [1.29, 1.82) is 0 Å². The Labute approximate surface area is 114 Å². The van der Waals surface area contributed by atoms with Crippen molar-refractivity contribution in [3.63, 3.8) is 0 Å². The average Bonchev–Trinajstić information content (AvgIpc) is 2.98. The molecule has 0 spiro atoms. The van der Waals surface area contributed by atoms with E-state index in [1.165, 1.54) is 0 Å². The second-order valence-corrected chi connectivity index (χ2v) is 4.70. The number of nitrogens with zero attached hydrogens (tertiary/aromatic N) is 3. The minimum absolute atomic E-state index is 0.660. The average molecular weight is 269 g/mol. The number of hydrogen-bond acceptors (Lipinski definition) is 5. The van der Waals surface area contributed by atoms with Crippen molar-refractivity contribution in [3.05, 3.63) is 48.1 Å². The molecule has 3 aromatic rings. The second-order valence-electron chi connectivity index (χ2n) is 3.84. The van der Waals surface area contributed by atoms with Crippen LogP contribution in [-0.4, -0.2) is 22.1 Å². The lowest BCUT2D eigenvalue weighted by Gasteiger charge is -2.00. The molecular weight excluding hydrogens is 258 g/mol. The topological polar surface area (TPSA) is 47.9 Å². The van der Waals surface area contributed by atoms with E-state index in [9.17, 15) is 0 Å². The molecular formula is C14H11N3OS. The summed E-state index contributed by atoms with van der Waals surface area (Å²) in [5.41, 5.74) is 1.98. The maximum atomic E-state index is 5.14. The number of ether oxygens (including phenoxy) is 1. The van der Waals surface area contributed by atoms with E-state index >= 15 is 0 Å². The van der Waals surface area contributed by atoms with E-state index in [2.05, 4.69) is 15.0 Å². The van der Waals surface area contributed by atoms with Gasteiger partial charge >= 0.3 is 0 Å². The molecule has 0 radical (unpaired) electrons. The van der Waals surface area contributed by atoms with Gasteiger partial charge in [0.15, 0.2) is 10.8 Å². The highest BCUT2D eigenvalue weighted by atomic mass is 32.1. The van der Waals surface area contributed by atoms with Gasteiger partial charge in [0.25, 0.3) is 0 Å². The normalized spacial score (nSPS) is 10.4. The summed E-state index contributed by atoms with van der Waals surface area (Å²) in [6.07, 6.45) is 3.44. The third-order valence-corrected chi connectivity index (χ3v) is 3.49. The first-order valence-corrected chi connectivity index (χ1v) is 6.62. The maximum absolute atomic E-state index is 5.14. The molecule has 0 amide bonds. The van der Waals surface area contributed by atoms with Gasteiger partial charge in [-0.2, -0.15) is 0 Å². The van der Waals surface area contributed by atoms with E-state index in [4.69, 9.17) is 4.74 Å². The molecule has 2 aromatic heterocycles. The first-order valence-electron chi connectivity index (χ1n) is 5.74. The van der Waals surface area contributed by atoms with Crippen LogP contribution in [0.5, 0.6) is 5.75 Å². The van der Waals surface area contributed by atoms with Crippen LogP contribution in [0.2, 0.25) is 0 Å². The Kier molecular flexibility index (Phi) is 3.20. The van der Waals surface area contributed by atoms with Crippen LogP contribution in [0.4, 0.5) is 0 Å². The zero-order valence-electron chi connectivity index (χ0n) is 10.3. The van der Waals surface area contributed by atoms with E-state index in [0.717, 1.165) is 22.0 Å². The molecule has 94 valence electrons. The van der Waals surface area contributed by atoms with Crippen molar-refractivity contribution in [2.75, 3.05) is 7.11 Å². The van der Waals surface area contributed by atoms with Crippen molar-refractivity contribution >= 4 is 11.3 Å². The summed E-state index contributed by atoms with van der Waals surface area (Å²) in [5, 5.41) is 2.83. The van der Waals surface area contributed by atoms with Crippen molar-refractivity contribution in [3.8, 4) is 27.8 Å². The molecule has 5 heteroatoms. The quantitative estimate of drug-likeness (QED) is 0.732. The van der Waals surface area contributed by atoms with E-state index in [-0.39, 0.29) is 0 Å². The van der Waals surface area contributed by atoms with E-state index < -0.39 is 0 Å². The fourth-order valence-electron chi connectivity index (χ4n) is 1.68. The van der Waals surface area contributed by atoms with Gasteiger partial charge in [0, 0.05) is 23.3 Å². The van der Waals surface area contributed by atoms with Crippen LogP contribution in [-0.2, 0) is 0 Å². The Hall–Kier alpha value is -2.27. The van der Waals surface area contributed by atoms with Crippen LogP contribution in [0, 0.1) is 0 Å². The van der Waals surface area contributed by atoms with Gasteiger partial charge < -0.3 is 4.74 Å². The van der Waals surface area contributed by atoms with Crippen molar-refractivity contribution < 1.29 is 4.74 Å². The van der Waals surface area contributed by atoms with Gasteiger partial charge in [-0.05, 0) is 30.3 Å². The summed E-state index contributed by atoms with van der Waals surface area (Å²) in [4.78, 5) is 13.0. The highest BCUT2D eigenvalue weighted by Gasteiger charge is 2.08. The van der Waals surface area contributed by atoms with Crippen LogP contribution >= 0.6 is 11.3 Å². The Morgan fingerprint density at radius 1 is 1.05 bits per heavy atom. The van der Waals surface area contributed by atoms with E-state index in [1.807, 2.05) is 29.6 Å². The van der Waals surface area contributed by atoms with E-state index in [1.54, 1.807) is 36.9 Å². The van der Waals surface area contributed by atoms with Crippen molar-refractivity contribution in [2.24, 2.45) is 0 Å². The molecule has 0 saturated carbocycles. The monoisotopic (exact) mass is 269 g/mol. The lowest BCUT2D eigenvalue weighted by atomic mass is 10.2. The minimum atomic E-state index is 0.660. The molecule has 3 rings (SSSR count). The van der Waals surface area contributed by atoms with Gasteiger partial charge in [-0.1, -0.05) is 0 Å². The lowest BCUT2D eigenvalue weighted by molar-refractivity contribution is 0.415. The first kappa shape index (κ1) is 11.8. The molecule has 0 N–H and O–H groups in total. The second kappa shape index (κ2) is 5.16. The van der Waals surface area contributed by atoms with Crippen LogP contribution < -0.4 is 4.74 Å². The van der Waals surface area contributed by atoms with Crippen molar-refractivity contribution in [1.82, 2.24) is 15.0 Å².